The van der Waals surface area contributed by atoms with Gasteiger partial charge in [-0.1, -0.05) is 42.5 Å². The monoisotopic (exact) mass is 331 g/mol. The van der Waals surface area contributed by atoms with E-state index in [1.54, 1.807) is 30.5 Å². The van der Waals surface area contributed by atoms with Crippen LogP contribution in [0.25, 0.3) is 22.2 Å². The Morgan fingerprint density at radius 2 is 1.80 bits per heavy atom. The fraction of sp³-hybridized carbons (Fsp3) is 0.0500. The van der Waals surface area contributed by atoms with Gasteiger partial charge < -0.3 is 0 Å². The first-order chi connectivity index (χ1) is 12.2. The lowest BCUT2D eigenvalue weighted by Crippen LogP contribution is -2.24. The molecule has 25 heavy (non-hydrogen) atoms. The van der Waals surface area contributed by atoms with Crippen molar-refractivity contribution in [2.24, 2.45) is 0 Å². The van der Waals surface area contributed by atoms with E-state index in [4.69, 9.17) is 0 Å². The number of benzene rings is 2. The summed E-state index contributed by atoms with van der Waals surface area (Å²) in [6, 6.07) is 19.2. The fourth-order valence-corrected chi connectivity index (χ4v) is 2.81. The van der Waals surface area contributed by atoms with E-state index in [1.165, 1.54) is 16.8 Å². The molecule has 4 aromatic rings. The Balaban J connectivity index is 1.96. The van der Waals surface area contributed by atoms with Crippen LogP contribution in [0.5, 0.6) is 0 Å². The maximum absolute atomic E-state index is 13.7. The minimum atomic E-state index is -0.357. The fourth-order valence-electron chi connectivity index (χ4n) is 2.81. The molecule has 4 rings (SSSR count). The molecule has 0 spiro atoms. The summed E-state index contributed by atoms with van der Waals surface area (Å²) < 4.78 is 15.1. The molecule has 0 unspecified atom stereocenters. The van der Waals surface area contributed by atoms with Crippen LogP contribution in [0.1, 0.15) is 5.56 Å². The van der Waals surface area contributed by atoms with Crippen molar-refractivity contribution < 1.29 is 4.39 Å². The summed E-state index contributed by atoms with van der Waals surface area (Å²) in [5.74, 6) is -0.357. The third-order valence-electron chi connectivity index (χ3n) is 3.99. The van der Waals surface area contributed by atoms with Crippen LogP contribution >= 0.6 is 0 Å². The topological polar surface area (TPSA) is 47.8 Å². The number of hydrogen-bond donors (Lipinski definition) is 0. The summed E-state index contributed by atoms with van der Waals surface area (Å²) in [5.41, 5.74) is 2.30. The van der Waals surface area contributed by atoms with Gasteiger partial charge in [0, 0.05) is 11.8 Å². The zero-order valence-electron chi connectivity index (χ0n) is 13.3. The van der Waals surface area contributed by atoms with Crippen molar-refractivity contribution >= 4 is 10.9 Å². The highest BCUT2D eigenvalue weighted by molar-refractivity contribution is 5.90. The predicted molar refractivity (Wildman–Crippen MR) is 94.7 cm³/mol. The highest BCUT2D eigenvalue weighted by Gasteiger charge is 2.14. The average molecular weight is 331 g/mol. The summed E-state index contributed by atoms with van der Waals surface area (Å²) in [7, 11) is 0. The van der Waals surface area contributed by atoms with Gasteiger partial charge in [0.05, 0.1) is 11.9 Å². The molecule has 0 fully saturated rings. The van der Waals surface area contributed by atoms with Crippen LogP contribution in [-0.4, -0.2) is 14.8 Å². The van der Waals surface area contributed by atoms with E-state index in [-0.39, 0.29) is 11.4 Å². The molecule has 0 aliphatic rings. The van der Waals surface area contributed by atoms with Crippen molar-refractivity contribution in [1.82, 2.24) is 14.8 Å². The summed E-state index contributed by atoms with van der Waals surface area (Å²) in [6.07, 6.45) is 1.60. The number of fused-ring (bicyclic) bond motifs is 1. The van der Waals surface area contributed by atoms with Crippen LogP contribution in [-0.2, 0) is 6.54 Å². The lowest BCUT2D eigenvalue weighted by molar-refractivity contribution is 0.627. The quantitative estimate of drug-likeness (QED) is 0.576. The largest absolute Gasteiger partial charge is 0.276 e. The van der Waals surface area contributed by atoms with Gasteiger partial charge in [0.1, 0.15) is 17.0 Å². The second-order valence-electron chi connectivity index (χ2n) is 5.71. The molecule has 0 aliphatic heterocycles. The lowest BCUT2D eigenvalue weighted by atomic mass is 10.1. The van der Waals surface area contributed by atoms with Gasteiger partial charge in [0.25, 0.3) is 5.56 Å². The van der Waals surface area contributed by atoms with E-state index in [2.05, 4.69) is 10.1 Å². The molecule has 4 nitrogen and oxygen atoms in total. The third-order valence-corrected chi connectivity index (χ3v) is 3.99. The minimum absolute atomic E-state index is 0.216. The molecule has 2 heterocycles. The maximum atomic E-state index is 13.7. The van der Waals surface area contributed by atoms with Crippen LogP contribution in [0, 0.1) is 5.82 Å². The molecule has 2 aromatic heterocycles. The van der Waals surface area contributed by atoms with E-state index < -0.39 is 0 Å². The van der Waals surface area contributed by atoms with Gasteiger partial charge in [-0.25, -0.2) is 9.07 Å². The van der Waals surface area contributed by atoms with Crippen LogP contribution in [0.3, 0.4) is 0 Å². The van der Waals surface area contributed by atoms with Crippen molar-refractivity contribution in [3.63, 3.8) is 0 Å². The molecule has 0 aliphatic carbocycles. The lowest BCUT2D eigenvalue weighted by Gasteiger charge is -2.11. The van der Waals surface area contributed by atoms with Crippen molar-refractivity contribution in [2.45, 2.75) is 6.54 Å². The van der Waals surface area contributed by atoms with E-state index in [0.29, 0.717) is 28.7 Å². The van der Waals surface area contributed by atoms with Crippen LogP contribution in [0.4, 0.5) is 4.39 Å². The number of halogens is 1. The van der Waals surface area contributed by atoms with Crippen molar-refractivity contribution in [3.05, 3.63) is 94.7 Å². The Hall–Kier alpha value is -3.34. The molecule has 0 saturated carbocycles. The van der Waals surface area contributed by atoms with Gasteiger partial charge in [-0.15, -0.1) is 0 Å². The van der Waals surface area contributed by atoms with Gasteiger partial charge in [-0.3, -0.25) is 9.78 Å². The SMILES string of the molecule is O=c1c2cccnc2c(-c2cccc(F)c2)nn1Cc1ccccc1. The first-order valence-electron chi connectivity index (χ1n) is 7.88. The highest BCUT2D eigenvalue weighted by Crippen LogP contribution is 2.23. The zero-order chi connectivity index (χ0) is 17.2. The van der Waals surface area contributed by atoms with Crippen LogP contribution < -0.4 is 5.56 Å². The first-order valence-corrected chi connectivity index (χ1v) is 7.88. The normalized spacial score (nSPS) is 10.9. The Bertz CT molecular complexity index is 1110. The molecular weight excluding hydrogens is 317 g/mol. The van der Waals surface area contributed by atoms with E-state index in [0.717, 1.165) is 5.56 Å². The van der Waals surface area contributed by atoms with Crippen molar-refractivity contribution in [2.75, 3.05) is 0 Å². The average Bonchev–Trinajstić information content (AvgIpc) is 2.65. The number of pyridine rings is 1. The summed E-state index contributed by atoms with van der Waals surface area (Å²) in [6.45, 7) is 0.340. The molecule has 122 valence electrons. The Kier molecular flexibility index (Phi) is 3.82. The minimum Gasteiger partial charge on any atom is -0.267 e. The number of aromatic nitrogens is 3. The number of nitrogens with zero attached hydrogens (tertiary/aromatic N) is 3. The number of rotatable bonds is 3. The summed E-state index contributed by atoms with van der Waals surface area (Å²) >= 11 is 0. The van der Waals surface area contributed by atoms with Crippen LogP contribution in [0.2, 0.25) is 0 Å². The molecule has 0 bridgehead atoms. The van der Waals surface area contributed by atoms with Crippen molar-refractivity contribution in [1.29, 1.82) is 0 Å². The van der Waals surface area contributed by atoms with Crippen molar-refractivity contribution in [3.8, 4) is 11.3 Å². The molecule has 0 amide bonds. The van der Waals surface area contributed by atoms with Gasteiger partial charge in [0.15, 0.2) is 0 Å². The Morgan fingerprint density at radius 1 is 0.960 bits per heavy atom. The molecule has 2 aromatic carbocycles. The smallest absolute Gasteiger partial charge is 0.267 e. The molecule has 0 N–H and O–H groups in total. The van der Waals surface area contributed by atoms with Gasteiger partial charge in [-0.2, -0.15) is 5.10 Å². The standard InChI is InChI=1S/C20H14FN3O/c21-16-9-4-8-15(12-16)18-19-17(10-5-11-22-19)20(25)24(23-18)13-14-6-2-1-3-7-14/h1-12H,13H2. The van der Waals surface area contributed by atoms with E-state index >= 15 is 0 Å². The maximum Gasteiger partial charge on any atom is 0.276 e. The molecular formula is C20H14FN3O. The molecule has 5 heteroatoms. The summed E-state index contributed by atoms with van der Waals surface area (Å²) in [5, 5.41) is 4.95. The Labute approximate surface area is 143 Å². The van der Waals surface area contributed by atoms with E-state index in [1.807, 2.05) is 30.3 Å². The first kappa shape index (κ1) is 15.2. The van der Waals surface area contributed by atoms with E-state index in [9.17, 15) is 9.18 Å². The summed E-state index contributed by atoms with van der Waals surface area (Å²) in [4.78, 5) is 17.1. The zero-order valence-corrected chi connectivity index (χ0v) is 13.3. The molecule has 0 radical (unpaired) electrons. The molecule has 0 saturated heterocycles. The number of hydrogen-bond acceptors (Lipinski definition) is 3. The van der Waals surface area contributed by atoms with Gasteiger partial charge in [-0.05, 0) is 29.8 Å². The Morgan fingerprint density at radius 3 is 2.60 bits per heavy atom. The third kappa shape index (κ3) is 2.92. The second-order valence-corrected chi connectivity index (χ2v) is 5.71. The predicted octanol–water partition coefficient (Wildman–Crippen LogP) is 3.65. The van der Waals surface area contributed by atoms with Gasteiger partial charge >= 0.3 is 0 Å². The van der Waals surface area contributed by atoms with Gasteiger partial charge in [0.2, 0.25) is 0 Å². The van der Waals surface area contributed by atoms with Crippen LogP contribution in [0.15, 0.2) is 77.7 Å². The molecule has 0 atom stereocenters. The highest BCUT2D eigenvalue weighted by atomic mass is 19.1. The second kappa shape index (κ2) is 6.28.